The minimum atomic E-state index is -0.555. The van der Waals surface area contributed by atoms with E-state index in [1.54, 1.807) is 20.8 Å². The lowest BCUT2D eigenvalue weighted by molar-refractivity contribution is -0.261. The molecule has 16 heavy (non-hydrogen) atoms. The molecule has 92 valence electrons. The van der Waals surface area contributed by atoms with Gasteiger partial charge in [0.2, 0.25) is 5.91 Å². The highest BCUT2D eigenvalue weighted by Gasteiger charge is 2.25. The maximum Gasteiger partial charge on any atom is 0.220 e. The fourth-order valence-electron chi connectivity index (χ4n) is 1.52. The summed E-state index contributed by atoms with van der Waals surface area (Å²) in [4.78, 5) is 15.0. The van der Waals surface area contributed by atoms with Crippen molar-refractivity contribution in [1.82, 2.24) is 5.32 Å². The van der Waals surface area contributed by atoms with Gasteiger partial charge in [-0.1, -0.05) is 27.7 Å². The van der Waals surface area contributed by atoms with Crippen molar-refractivity contribution in [2.24, 2.45) is 10.9 Å². The van der Waals surface area contributed by atoms with Gasteiger partial charge in [-0.2, -0.15) is 0 Å². The molecule has 1 amide bonds. The van der Waals surface area contributed by atoms with Crippen LogP contribution in [0.1, 0.15) is 34.1 Å². The molecule has 1 heterocycles. The van der Waals surface area contributed by atoms with Gasteiger partial charge < -0.3 is 15.2 Å². The molecule has 1 N–H and O–H groups in total. The molecular weight excluding hydrogens is 208 g/mol. The summed E-state index contributed by atoms with van der Waals surface area (Å²) >= 11 is 0. The van der Waals surface area contributed by atoms with Gasteiger partial charge >= 0.3 is 0 Å². The molecule has 0 spiro atoms. The van der Waals surface area contributed by atoms with Crippen molar-refractivity contribution in [2.45, 2.75) is 45.8 Å². The maximum absolute atomic E-state index is 11.5. The van der Waals surface area contributed by atoms with Crippen molar-refractivity contribution in [3.63, 3.8) is 0 Å². The van der Waals surface area contributed by atoms with Crippen LogP contribution in [0.2, 0.25) is 0 Å². The molecule has 0 bridgehead atoms. The molecular formula is C11H19N2O3-. The fraction of sp³-hybridized carbons (Fsp3) is 0.818. The highest BCUT2D eigenvalue weighted by atomic mass is 16.6. The van der Waals surface area contributed by atoms with Crippen LogP contribution < -0.4 is 10.4 Å². The Morgan fingerprint density at radius 2 is 2.19 bits per heavy atom. The van der Waals surface area contributed by atoms with Crippen LogP contribution in [-0.2, 0) is 9.53 Å². The number of nitrogens with zero attached hydrogens (tertiary/aromatic N) is 1. The Kier molecular flexibility index (Phi) is 3.78. The van der Waals surface area contributed by atoms with Crippen molar-refractivity contribution in [3.05, 3.63) is 0 Å². The number of nitrogens with one attached hydrogen (secondary N) is 1. The second-order valence-corrected chi connectivity index (χ2v) is 5.16. The summed E-state index contributed by atoms with van der Waals surface area (Å²) in [6, 6.07) is -0.174. The van der Waals surface area contributed by atoms with E-state index in [-0.39, 0.29) is 17.9 Å². The molecule has 1 aliphatic rings. The highest BCUT2D eigenvalue weighted by Crippen LogP contribution is 2.16. The predicted octanol–water partition coefficient (Wildman–Crippen LogP) is 0.0424. The first-order valence-electron chi connectivity index (χ1n) is 5.48. The first-order chi connectivity index (χ1) is 7.28. The standard InChI is InChI=1S/C11H20N2O3/c1-7-5-9(14)12-6-8(7)13-10(15)16-11(2,3)4/h7-8H,5-6H2,1-4H3,(H,12,14)(H,13,15)/p-1/t7-,8-/m1/s1. The quantitative estimate of drug-likeness (QED) is 0.508. The zero-order valence-corrected chi connectivity index (χ0v) is 10.2. The average molecular weight is 227 g/mol. The van der Waals surface area contributed by atoms with Gasteiger partial charge in [0.15, 0.2) is 0 Å². The van der Waals surface area contributed by atoms with Crippen LogP contribution in [0.15, 0.2) is 4.99 Å². The first-order valence-corrected chi connectivity index (χ1v) is 5.48. The van der Waals surface area contributed by atoms with E-state index < -0.39 is 11.7 Å². The SMILES string of the molecule is C[C@@H]1CC(=O)NC[C@H]1N=C([O-])OC(C)(C)C. The smallest absolute Gasteiger partial charge is 0.220 e. The molecule has 0 aromatic rings. The monoisotopic (exact) mass is 227 g/mol. The number of amides is 1. The molecule has 0 aliphatic carbocycles. The van der Waals surface area contributed by atoms with Crippen molar-refractivity contribution < 1.29 is 14.6 Å². The van der Waals surface area contributed by atoms with Gasteiger partial charge in [-0.3, -0.25) is 9.79 Å². The molecule has 1 fully saturated rings. The fourth-order valence-corrected chi connectivity index (χ4v) is 1.52. The summed E-state index contributed by atoms with van der Waals surface area (Å²) in [6.45, 7) is 7.72. The second kappa shape index (κ2) is 4.72. The molecule has 5 heteroatoms. The van der Waals surface area contributed by atoms with Crippen molar-refractivity contribution in [2.75, 3.05) is 6.54 Å². The normalized spacial score (nSPS) is 27.5. The van der Waals surface area contributed by atoms with Gasteiger partial charge in [0.25, 0.3) is 0 Å². The van der Waals surface area contributed by atoms with Crippen LogP contribution in [0.25, 0.3) is 0 Å². The predicted molar refractivity (Wildman–Crippen MR) is 58.9 cm³/mol. The van der Waals surface area contributed by atoms with Crippen LogP contribution in [-0.4, -0.2) is 30.2 Å². The van der Waals surface area contributed by atoms with Crippen molar-refractivity contribution in [3.8, 4) is 0 Å². The Hall–Kier alpha value is -1.26. The van der Waals surface area contributed by atoms with E-state index in [0.717, 1.165) is 0 Å². The van der Waals surface area contributed by atoms with Crippen molar-refractivity contribution >= 4 is 12.0 Å². The number of aliphatic imine (C=N–C) groups is 1. The number of piperidine rings is 1. The minimum absolute atomic E-state index is 0.0168. The van der Waals surface area contributed by atoms with E-state index in [2.05, 4.69) is 10.3 Å². The molecule has 0 unspecified atom stereocenters. The van der Waals surface area contributed by atoms with Crippen LogP contribution in [0.3, 0.4) is 0 Å². The van der Waals surface area contributed by atoms with E-state index in [1.165, 1.54) is 0 Å². The van der Waals surface area contributed by atoms with Crippen LogP contribution in [0.4, 0.5) is 0 Å². The van der Waals surface area contributed by atoms with Gasteiger partial charge in [-0.05, 0) is 5.92 Å². The molecule has 0 radical (unpaired) electrons. The molecule has 2 atom stereocenters. The third kappa shape index (κ3) is 4.08. The van der Waals surface area contributed by atoms with Gasteiger partial charge in [-0.25, -0.2) is 0 Å². The van der Waals surface area contributed by atoms with E-state index in [0.29, 0.717) is 13.0 Å². The van der Waals surface area contributed by atoms with Crippen molar-refractivity contribution in [1.29, 1.82) is 0 Å². The Morgan fingerprint density at radius 1 is 1.56 bits per heavy atom. The number of carbonyl (C=O) groups excluding carboxylic acids is 1. The lowest BCUT2D eigenvalue weighted by Crippen LogP contribution is -2.44. The number of rotatable bonds is 1. The van der Waals surface area contributed by atoms with Crippen LogP contribution >= 0.6 is 0 Å². The topological polar surface area (TPSA) is 73.8 Å². The lowest BCUT2D eigenvalue weighted by atomic mass is 9.95. The largest absolute Gasteiger partial charge is 0.595 e. The second-order valence-electron chi connectivity index (χ2n) is 5.16. The summed E-state index contributed by atoms with van der Waals surface area (Å²) in [5, 5.41) is 14.1. The van der Waals surface area contributed by atoms with Gasteiger partial charge in [0.05, 0.1) is 6.04 Å². The summed E-state index contributed by atoms with van der Waals surface area (Å²) in [6.07, 6.45) is -0.141. The van der Waals surface area contributed by atoms with E-state index in [4.69, 9.17) is 4.74 Å². The summed E-state index contributed by atoms with van der Waals surface area (Å²) < 4.78 is 5.10. The van der Waals surface area contributed by atoms with Crippen LogP contribution in [0.5, 0.6) is 0 Å². The Balaban J connectivity index is 2.58. The Morgan fingerprint density at radius 3 is 2.69 bits per heavy atom. The molecule has 0 aromatic carbocycles. The zero-order chi connectivity index (χ0) is 12.3. The maximum atomic E-state index is 11.5. The van der Waals surface area contributed by atoms with Crippen LogP contribution in [0, 0.1) is 5.92 Å². The van der Waals surface area contributed by atoms with E-state index in [1.807, 2.05) is 6.92 Å². The molecule has 1 rings (SSSR count). The van der Waals surface area contributed by atoms with E-state index in [9.17, 15) is 9.90 Å². The average Bonchev–Trinajstić information content (AvgIpc) is 2.06. The molecule has 0 aromatic heterocycles. The Labute approximate surface area is 95.9 Å². The number of carbonyl (C=O) groups is 1. The third-order valence-corrected chi connectivity index (χ3v) is 2.34. The molecule has 1 aliphatic heterocycles. The highest BCUT2D eigenvalue weighted by molar-refractivity contribution is 5.77. The minimum Gasteiger partial charge on any atom is -0.595 e. The summed E-state index contributed by atoms with van der Waals surface area (Å²) in [5.74, 6) is 0.101. The first kappa shape index (κ1) is 12.8. The summed E-state index contributed by atoms with van der Waals surface area (Å²) in [5.41, 5.74) is -0.526. The molecule has 0 saturated carbocycles. The lowest BCUT2D eigenvalue weighted by Gasteiger charge is -2.32. The zero-order valence-electron chi connectivity index (χ0n) is 10.2. The Bertz CT molecular complexity index is 294. The number of hydrogen-bond acceptors (Lipinski definition) is 4. The van der Waals surface area contributed by atoms with E-state index >= 15 is 0 Å². The number of ether oxygens (including phenoxy) is 1. The summed E-state index contributed by atoms with van der Waals surface area (Å²) in [7, 11) is 0. The molecule has 5 nitrogen and oxygen atoms in total. The molecule has 1 saturated heterocycles. The number of hydrogen-bond donors (Lipinski definition) is 1. The third-order valence-electron chi connectivity index (χ3n) is 2.34. The van der Waals surface area contributed by atoms with Gasteiger partial charge in [0.1, 0.15) is 6.08 Å². The van der Waals surface area contributed by atoms with Gasteiger partial charge in [-0.15, -0.1) is 0 Å². The van der Waals surface area contributed by atoms with Gasteiger partial charge in [0, 0.05) is 18.6 Å².